The zero-order valence-corrected chi connectivity index (χ0v) is 23.3. The molecule has 0 aliphatic carbocycles. The van der Waals surface area contributed by atoms with Gasteiger partial charge in [0.2, 0.25) is 5.91 Å². The molecule has 1 unspecified atom stereocenters. The van der Waals surface area contributed by atoms with Crippen molar-refractivity contribution in [2.45, 2.75) is 44.1 Å². The number of amides is 2. The first kappa shape index (κ1) is 27.0. The second kappa shape index (κ2) is 9.99. The first-order chi connectivity index (χ1) is 19.1. The number of hydrogen-bond donors (Lipinski definition) is 0. The number of hydrogen-bond acceptors (Lipinski definition) is 6. The number of aromatic nitrogens is 1. The number of nitrogens with zero attached hydrogens (tertiary/aromatic N) is 5. The van der Waals surface area contributed by atoms with E-state index in [2.05, 4.69) is 30.2 Å². The Morgan fingerprint density at radius 1 is 1.18 bits per heavy atom. The van der Waals surface area contributed by atoms with Crippen molar-refractivity contribution in [1.29, 1.82) is 0 Å². The lowest BCUT2D eigenvalue weighted by Crippen LogP contribution is -2.57. The van der Waals surface area contributed by atoms with Crippen LogP contribution in [0.2, 0.25) is 5.02 Å². The summed E-state index contributed by atoms with van der Waals surface area (Å²) in [5.74, 6) is -0.454. The van der Waals surface area contributed by atoms with Crippen LogP contribution in [0.4, 0.5) is 14.6 Å². The number of pyridine rings is 1. The molecular weight excluding hydrogens is 540 g/mol. The Kier molecular flexibility index (Phi) is 6.73. The van der Waals surface area contributed by atoms with Gasteiger partial charge in [-0.05, 0) is 38.5 Å². The summed E-state index contributed by atoms with van der Waals surface area (Å²) in [4.78, 5) is 39.0. The van der Waals surface area contributed by atoms with Crippen molar-refractivity contribution >= 4 is 29.2 Å². The zero-order valence-electron chi connectivity index (χ0n) is 22.6. The molecule has 212 valence electrons. The van der Waals surface area contributed by atoms with E-state index in [0.29, 0.717) is 45.1 Å². The Morgan fingerprint density at radius 2 is 1.93 bits per heavy atom. The van der Waals surface area contributed by atoms with Gasteiger partial charge in [0.05, 0.1) is 11.7 Å². The van der Waals surface area contributed by atoms with Gasteiger partial charge in [0.1, 0.15) is 35.0 Å². The number of anilines is 1. The molecule has 0 bridgehead atoms. The number of ether oxygens (including phenoxy) is 1. The van der Waals surface area contributed by atoms with Crippen molar-refractivity contribution in [1.82, 2.24) is 19.7 Å². The molecule has 6 rings (SSSR count). The topological polar surface area (TPSA) is 69.2 Å². The lowest BCUT2D eigenvalue weighted by atomic mass is 9.97. The Bertz CT molecular complexity index is 1380. The molecule has 3 saturated heterocycles. The summed E-state index contributed by atoms with van der Waals surface area (Å²) in [6.07, 6.45) is 1.18. The van der Waals surface area contributed by atoms with Gasteiger partial charge in [-0.2, -0.15) is 0 Å². The van der Waals surface area contributed by atoms with Crippen LogP contribution < -0.4 is 9.64 Å². The predicted octanol–water partition coefficient (Wildman–Crippen LogP) is 3.78. The maximum absolute atomic E-state index is 15.0. The minimum atomic E-state index is -0.826. The fourth-order valence-corrected chi connectivity index (χ4v) is 6.68. The average molecular weight is 572 g/mol. The second-order valence-corrected chi connectivity index (χ2v) is 11.9. The summed E-state index contributed by atoms with van der Waals surface area (Å²) in [5.41, 5.74) is 0.191. The lowest BCUT2D eigenvalue weighted by Gasteiger charge is -2.40. The van der Waals surface area contributed by atoms with Crippen LogP contribution in [0.25, 0.3) is 11.3 Å². The largest absolute Gasteiger partial charge is 0.489 e. The molecule has 2 atom stereocenters. The van der Waals surface area contributed by atoms with E-state index in [4.69, 9.17) is 21.3 Å². The molecule has 40 heavy (non-hydrogen) atoms. The highest BCUT2D eigenvalue weighted by Crippen LogP contribution is 2.47. The van der Waals surface area contributed by atoms with E-state index in [1.807, 2.05) is 0 Å². The van der Waals surface area contributed by atoms with Gasteiger partial charge in [-0.15, -0.1) is 0 Å². The van der Waals surface area contributed by atoms with Crippen LogP contribution in [0.5, 0.6) is 5.75 Å². The minimum Gasteiger partial charge on any atom is -0.489 e. The molecule has 2 aromatic rings. The summed E-state index contributed by atoms with van der Waals surface area (Å²) in [6, 6.07) is 5.90. The van der Waals surface area contributed by atoms with E-state index in [1.165, 1.54) is 12.1 Å². The molecule has 8 nitrogen and oxygen atoms in total. The number of halogens is 3. The van der Waals surface area contributed by atoms with E-state index in [1.54, 1.807) is 28.0 Å². The number of rotatable bonds is 4. The van der Waals surface area contributed by atoms with Gasteiger partial charge in [0, 0.05) is 56.4 Å². The Labute approximate surface area is 237 Å². The first-order valence-corrected chi connectivity index (χ1v) is 14.0. The molecule has 2 amide bonds. The van der Waals surface area contributed by atoms with Crippen LogP contribution in [-0.4, -0.2) is 101 Å². The van der Waals surface area contributed by atoms with E-state index < -0.39 is 23.6 Å². The average Bonchev–Trinajstić information content (AvgIpc) is 3.15. The minimum absolute atomic E-state index is 0.0626. The summed E-state index contributed by atoms with van der Waals surface area (Å²) >= 11 is 6.88. The number of likely N-dealkylation sites (tertiary alicyclic amines) is 1. The third-order valence-corrected chi connectivity index (χ3v) is 8.92. The van der Waals surface area contributed by atoms with Gasteiger partial charge < -0.3 is 19.4 Å². The summed E-state index contributed by atoms with van der Waals surface area (Å²) in [6.45, 7) is 10.1. The zero-order chi connectivity index (χ0) is 28.3. The van der Waals surface area contributed by atoms with Crippen LogP contribution in [0, 0.1) is 5.82 Å². The highest BCUT2D eigenvalue weighted by Gasteiger charge is 2.48. The van der Waals surface area contributed by atoms with Crippen molar-refractivity contribution in [3.05, 3.63) is 53.3 Å². The molecule has 4 aliphatic rings. The van der Waals surface area contributed by atoms with Crippen molar-refractivity contribution in [3.63, 3.8) is 0 Å². The Morgan fingerprint density at radius 3 is 2.62 bits per heavy atom. The number of alkyl halides is 1. The van der Waals surface area contributed by atoms with E-state index in [9.17, 15) is 14.0 Å². The highest BCUT2D eigenvalue weighted by molar-refractivity contribution is 6.35. The monoisotopic (exact) mass is 571 g/mol. The summed E-state index contributed by atoms with van der Waals surface area (Å²) < 4.78 is 35.0. The van der Waals surface area contributed by atoms with Crippen LogP contribution in [0.15, 0.2) is 36.9 Å². The van der Waals surface area contributed by atoms with Crippen molar-refractivity contribution < 1.29 is 23.1 Å². The van der Waals surface area contributed by atoms with Gasteiger partial charge in [-0.1, -0.05) is 30.3 Å². The maximum Gasteiger partial charge on any atom is 0.261 e. The molecule has 5 heterocycles. The summed E-state index contributed by atoms with van der Waals surface area (Å²) in [5, 5.41) is 0.0626. The van der Waals surface area contributed by atoms with Crippen LogP contribution >= 0.6 is 11.6 Å². The molecule has 0 N–H and O–H groups in total. The smallest absolute Gasteiger partial charge is 0.261 e. The molecular formula is C29H32ClF2N5O3. The molecule has 0 saturated carbocycles. The van der Waals surface area contributed by atoms with Gasteiger partial charge in [0.15, 0.2) is 5.75 Å². The Balaban J connectivity index is 1.47. The predicted molar refractivity (Wildman–Crippen MR) is 148 cm³/mol. The number of piperazine rings is 1. The Hall–Kier alpha value is -3.24. The number of benzene rings is 1. The van der Waals surface area contributed by atoms with Gasteiger partial charge >= 0.3 is 0 Å². The maximum atomic E-state index is 15.0. The van der Waals surface area contributed by atoms with Gasteiger partial charge in [-0.3, -0.25) is 14.5 Å². The molecule has 4 aliphatic heterocycles. The van der Waals surface area contributed by atoms with Gasteiger partial charge in [-0.25, -0.2) is 13.8 Å². The molecule has 0 spiro atoms. The molecule has 3 fully saturated rings. The summed E-state index contributed by atoms with van der Waals surface area (Å²) in [7, 11) is 0. The van der Waals surface area contributed by atoms with Crippen LogP contribution in [-0.2, 0) is 4.79 Å². The van der Waals surface area contributed by atoms with Crippen LogP contribution in [0.1, 0.15) is 30.6 Å². The normalized spacial score (nSPS) is 24.6. The first-order valence-electron chi connectivity index (χ1n) is 13.6. The number of fused-ring (bicyclic) bond motifs is 2. The van der Waals surface area contributed by atoms with Crippen molar-refractivity contribution in [2.24, 2.45) is 0 Å². The van der Waals surface area contributed by atoms with Gasteiger partial charge in [0.25, 0.3) is 5.91 Å². The third kappa shape index (κ3) is 4.41. The molecule has 11 heteroatoms. The number of carbonyl (C=O) groups is 2. The molecule has 0 radical (unpaired) electrons. The SMILES string of the molecule is C=CC(=O)N1CCN2C(=O)c3c(N4CC(N5CC(F)C5)CC4(C)C)nc(-c4ccccc4F)c(Cl)c3OC[C@H]2C1. The standard InChI is InChI=1S/C29H32ClF2N5O3/c1-4-22(38)34-9-10-36-19(14-34)16-40-26-23(28(36)39)27(33-25(24(26)30)20-7-5-6-8-21(20)32)37-15-18(11-29(37,2)3)35-12-17(31)13-35/h4-8,17-19H,1,9-16H2,2-3H3/t18?,19-/m1/s1. The third-order valence-electron chi connectivity index (χ3n) is 8.56. The molecule has 1 aromatic heterocycles. The van der Waals surface area contributed by atoms with Crippen molar-refractivity contribution in [3.8, 4) is 17.0 Å². The second-order valence-electron chi connectivity index (χ2n) is 11.6. The van der Waals surface area contributed by atoms with E-state index in [0.717, 1.165) is 6.42 Å². The quantitative estimate of drug-likeness (QED) is 0.520. The molecule has 1 aromatic carbocycles. The fraction of sp³-hybridized carbons (Fsp3) is 0.483. The van der Waals surface area contributed by atoms with Crippen molar-refractivity contribution in [2.75, 3.05) is 50.8 Å². The highest BCUT2D eigenvalue weighted by atomic mass is 35.5. The van der Waals surface area contributed by atoms with Crippen LogP contribution in [0.3, 0.4) is 0 Å². The lowest BCUT2D eigenvalue weighted by molar-refractivity contribution is -0.128. The fourth-order valence-electron chi connectivity index (χ4n) is 6.38. The van der Waals surface area contributed by atoms with E-state index >= 15 is 4.39 Å². The van der Waals surface area contributed by atoms with E-state index in [-0.39, 0.29) is 52.1 Å². The number of carbonyl (C=O) groups excluding carboxylic acids is 2.